The highest BCUT2D eigenvalue weighted by molar-refractivity contribution is 7.90. The number of ether oxygens (including phenoxy) is 2. The molecule has 4 N–H and O–H groups in total. The molecule has 0 radical (unpaired) electrons. The number of carbonyl (C=O) groups excluding carboxylic acids is 4. The zero-order valence-electron chi connectivity index (χ0n) is 26.9. The number of imide groups is 1. The van der Waals surface area contributed by atoms with Gasteiger partial charge in [0.15, 0.2) is 0 Å². The molecule has 13 nitrogen and oxygen atoms in total. The molecule has 1 aliphatic heterocycles. The second-order valence-electron chi connectivity index (χ2n) is 11.7. The van der Waals surface area contributed by atoms with Crippen LogP contribution in [0.5, 0.6) is 5.75 Å². The van der Waals surface area contributed by atoms with E-state index in [2.05, 4.69) is 20.7 Å². The first-order valence-corrected chi connectivity index (χ1v) is 17.1. The van der Waals surface area contributed by atoms with Crippen molar-refractivity contribution < 1.29 is 50.2 Å². The Hall–Kier alpha value is -4.80. The zero-order chi connectivity index (χ0) is 35.8. The molecule has 266 valence electrons. The summed E-state index contributed by atoms with van der Waals surface area (Å²) in [5.74, 6) is -0.715. The molecule has 6 amide bonds. The van der Waals surface area contributed by atoms with E-state index in [-0.39, 0.29) is 48.1 Å². The molecule has 0 saturated heterocycles. The Bertz CT molecular complexity index is 1660. The SMILES string of the molecule is CCC1=C(C)CN(C(=O)NCCc2ccc(S(=O)(=O)NC(=O)NC3CCC(COC(=O)Nc4ccc(OC(F)(F)F)cc4)CC3)cc2)C1=O. The van der Waals surface area contributed by atoms with Crippen LogP contribution in [0.15, 0.2) is 64.6 Å². The lowest BCUT2D eigenvalue weighted by atomic mass is 9.86. The Morgan fingerprint density at radius 2 is 1.63 bits per heavy atom. The normalized spacial score (nSPS) is 18.1. The Balaban J connectivity index is 1.13. The standard InChI is InChI=1S/C32H38F3N5O8S/c1-3-27-20(2)18-40(28(27)41)30(43)36-17-16-21-6-14-26(15-7-21)49(45,46)39-29(42)37-23-8-4-22(5-9-23)19-47-31(44)38-24-10-12-25(13-11-24)48-32(33,34)35/h6-7,10-15,22-23H,3-5,8-9,16-19H2,1-2H3,(H,36,43)(H,38,44)(H2,37,39,42). The fourth-order valence-electron chi connectivity index (χ4n) is 5.57. The largest absolute Gasteiger partial charge is 0.573 e. The highest BCUT2D eigenvalue weighted by Gasteiger charge is 2.32. The van der Waals surface area contributed by atoms with Gasteiger partial charge < -0.3 is 20.1 Å². The molecule has 1 aliphatic carbocycles. The van der Waals surface area contributed by atoms with E-state index in [1.54, 1.807) is 12.1 Å². The van der Waals surface area contributed by atoms with E-state index >= 15 is 0 Å². The van der Waals surface area contributed by atoms with E-state index in [4.69, 9.17) is 4.74 Å². The van der Waals surface area contributed by atoms with E-state index in [1.807, 2.05) is 18.6 Å². The van der Waals surface area contributed by atoms with Gasteiger partial charge in [0.2, 0.25) is 0 Å². The molecular weight excluding hydrogens is 671 g/mol. The summed E-state index contributed by atoms with van der Waals surface area (Å²) in [6, 6.07) is 8.82. The van der Waals surface area contributed by atoms with Gasteiger partial charge in [-0.1, -0.05) is 19.1 Å². The first kappa shape index (κ1) is 37.0. The van der Waals surface area contributed by atoms with E-state index in [1.165, 1.54) is 29.2 Å². The number of nitrogens with one attached hydrogen (secondary N) is 4. The molecule has 0 unspecified atom stereocenters. The molecule has 49 heavy (non-hydrogen) atoms. The number of carbonyl (C=O) groups is 4. The predicted molar refractivity (Wildman–Crippen MR) is 171 cm³/mol. The van der Waals surface area contributed by atoms with Crippen molar-refractivity contribution in [3.8, 4) is 5.75 Å². The Kier molecular flexibility index (Phi) is 12.1. The lowest BCUT2D eigenvalue weighted by molar-refractivity contribution is -0.274. The van der Waals surface area contributed by atoms with Gasteiger partial charge >= 0.3 is 24.5 Å². The highest BCUT2D eigenvalue weighted by Crippen LogP contribution is 2.26. The Labute approximate surface area is 281 Å². The van der Waals surface area contributed by atoms with Gasteiger partial charge in [-0.2, -0.15) is 0 Å². The average molecular weight is 710 g/mol. The van der Waals surface area contributed by atoms with Gasteiger partial charge in [0.25, 0.3) is 15.9 Å². The molecule has 0 atom stereocenters. The fraction of sp³-hybridized carbons (Fsp3) is 0.438. The second-order valence-corrected chi connectivity index (χ2v) is 13.4. The van der Waals surface area contributed by atoms with E-state index in [0.29, 0.717) is 44.1 Å². The van der Waals surface area contributed by atoms with Crippen LogP contribution in [-0.4, -0.2) is 69.5 Å². The number of alkyl halides is 3. The van der Waals surface area contributed by atoms with Crippen molar-refractivity contribution in [1.82, 2.24) is 20.3 Å². The molecular formula is C32H38F3N5O8S. The lowest BCUT2D eigenvalue weighted by Crippen LogP contribution is -2.45. The summed E-state index contributed by atoms with van der Waals surface area (Å²) in [5, 5.41) is 7.80. The van der Waals surface area contributed by atoms with Gasteiger partial charge in [0.1, 0.15) is 5.75 Å². The van der Waals surface area contributed by atoms with E-state index in [0.717, 1.165) is 23.3 Å². The van der Waals surface area contributed by atoms with Crippen LogP contribution in [0, 0.1) is 5.92 Å². The number of rotatable bonds is 11. The number of amides is 6. The fourth-order valence-corrected chi connectivity index (χ4v) is 6.48. The van der Waals surface area contributed by atoms with Gasteiger partial charge in [0, 0.05) is 23.8 Å². The number of benzene rings is 2. The zero-order valence-corrected chi connectivity index (χ0v) is 27.7. The minimum atomic E-state index is -4.82. The van der Waals surface area contributed by atoms with Gasteiger partial charge in [-0.3, -0.25) is 15.0 Å². The molecule has 0 bridgehead atoms. The summed E-state index contributed by atoms with van der Waals surface area (Å²) in [4.78, 5) is 50.5. The maximum atomic E-state index is 12.8. The van der Waals surface area contributed by atoms with Crippen LogP contribution in [0.2, 0.25) is 0 Å². The number of nitrogens with zero attached hydrogens (tertiary/aromatic N) is 1. The number of urea groups is 2. The van der Waals surface area contributed by atoms with Gasteiger partial charge in [0.05, 0.1) is 18.0 Å². The molecule has 0 aromatic heterocycles. The van der Waals surface area contributed by atoms with E-state index < -0.39 is 40.3 Å². The second kappa shape index (κ2) is 16.1. The first-order chi connectivity index (χ1) is 23.1. The number of anilines is 1. The van der Waals surface area contributed by atoms with Gasteiger partial charge in [-0.15, -0.1) is 13.2 Å². The molecule has 2 aromatic carbocycles. The molecule has 0 spiro atoms. The van der Waals surface area contributed by atoms with E-state index in [9.17, 15) is 40.8 Å². The third kappa shape index (κ3) is 10.9. The first-order valence-electron chi connectivity index (χ1n) is 15.6. The number of hydrogen-bond donors (Lipinski definition) is 4. The molecule has 1 saturated carbocycles. The minimum Gasteiger partial charge on any atom is -0.449 e. The number of halogens is 3. The molecule has 2 aromatic rings. The monoisotopic (exact) mass is 709 g/mol. The third-order valence-electron chi connectivity index (χ3n) is 8.13. The van der Waals surface area contributed by atoms with Crippen LogP contribution in [0.1, 0.15) is 51.5 Å². The molecule has 4 rings (SSSR count). The highest BCUT2D eigenvalue weighted by atomic mass is 32.2. The van der Waals surface area contributed by atoms with Crippen LogP contribution in [0.3, 0.4) is 0 Å². The van der Waals surface area contributed by atoms with Crippen molar-refractivity contribution in [2.75, 3.05) is 25.0 Å². The maximum Gasteiger partial charge on any atom is 0.573 e. The molecule has 1 heterocycles. The average Bonchev–Trinajstić information content (AvgIpc) is 3.33. The van der Waals surface area contributed by atoms with Crippen molar-refractivity contribution in [2.45, 2.75) is 69.7 Å². The minimum absolute atomic E-state index is 0.00261. The summed E-state index contributed by atoms with van der Waals surface area (Å²) in [5.41, 5.74) is 2.48. The molecule has 17 heteroatoms. The Morgan fingerprint density at radius 1 is 0.980 bits per heavy atom. The third-order valence-corrected chi connectivity index (χ3v) is 9.48. The topological polar surface area (TPSA) is 172 Å². The maximum absolute atomic E-state index is 12.8. The Morgan fingerprint density at radius 3 is 2.22 bits per heavy atom. The quantitative estimate of drug-likeness (QED) is 0.247. The summed E-state index contributed by atoms with van der Waals surface area (Å²) in [7, 11) is -4.16. The smallest absolute Gasteiger partial charge is 0.449 e. The van der Waals surface area contributed by atoms with Crippen molar-refractivity contribution in [2.24, 2.45) is 5.92 Å². The summed E-state index contributed by atoms with van der Waals surface area (Å²) < 4.78 is 73.4. The summed E-state index contributed by atoms with van der Waals surface area (Å²) in [6.45, 7) is 4.27. The van der Waals surface area contributed by atoms with Gasteiger partial charge in [-0.25, -0.2) is 27.5 Å². The van der Waals surface area contributed by atoms with Crippen LogP contribution < -0.4 is 25.4 Å². The number of sulfonamides is 1. The summed E-state index contributed by atoms with van der Waals surface area (Å²) >= 11 is 0. The van der Waals surface area contributed by atoms with Crippen molar-refractivity contribution in [1.29, 1.82) is 0 Å². The number of hydrogen-bond acceptors (Lipinski definition) is 8. The summed E-state index contributed by atoms with van der Waals surface area (Å²) in [6.07, 6.45) is -2.40. The lowest BCUT2D eigenvalue weighted by Gasteiger charge is -2.28. The van der Waals surface area contributed by atoms with Crippen LogP contribution in [0.25, 0.3) is 0 Å². The predicted octanol–water partition coefficient (Wildman–Crippen LogP) is 5.20. The van der Waals surface area contributed by atoms with Gasteiger partial charge in [-0.05, 0) is 98.9 Å². The van der Waals surface area contributed by atoms with Crippen molar-refractivity contribution >= 4 is 39.8 Å². The van der Waals surface area contributed by atoms with Crippen LogP contribution >= 0.6 is 0 Å². The van der Waals surface area contributed by atoms with Crippen molar-refractivity contribution in [3.63, 3.8) is 0 Å². The molecule has 2 aliphatic rings. The van der Waals surface area contributed by atoms with Crippen LogP contribution in [-0.2, 0) is 26.0 Å². The van der Waals surface area contributed by atoms with Crippen molar-refractivity contribution in [3.05, 3.63) is 65.2 Å². The van der Waals surface area contributed by atoms with Crippen LogP contribution in [0.4, 0.5) is 33.2 Å². The molecule has 1 fully saturated rings.